The van der Waals surface area contributed by atoms with Crippen LogP contribution < -0.4 is 10.6 Å². The van der Waals surface area contributed by atoms with Crippen LogP contribution in [0.1, 0.15) is 24.8 Å². The Kier molecular flexibility index (Phi) is 5.08. The molecule has 5 nitrogen and oxygen atoms in total. The van der Waals surface area contributed by atoms with Gasteiger partial charge in [-0.2, -0.15) is 0 Å². The molecule has 2 fully saturated rings. The van der Waals surface area contributed by atoms with Crippen LogP contribution in [-0.2, 0) is 9.59 Å². The maximum atomic E-state index is 12.1. The van der Waals surface area contributed by atoms with Gasteiger partial charge in [-0.1, -0.05) is 42.5 Å². The summed E-state index contributed by atoms with van der Waals surface area (Å²) in [7, 11) is 0. The van der Waals surface area contributed by atoms with Gasteiger partial charge in [0.25, 0.3) is 0 Å². The maximum absolute atomic E-state index is 12.1. The molecule has 1 atom stereocenters. The van der Waals surface area contributed by atoms with E-state index in [2.05, 4.69) is 21.6 Å². The van der Waals surface area contributed by atoms with Crippen molar-refractivity contribution >= 4 is 17.9 Å². The van der Waals surface area contributed by atoms with Crippen molar-refractivity contribution in [1.82, 2.24) is 15.5 Å². The Labute approximate surface area is 136 Å². The number of piperazine rings is 1. The molecule has 122 valence electrons. The Bertz CT molecular complexity index is 581. The number of benzene rings is 1. The molecule has 1 aliphatic carbocycles. The highest BCUT2D eigenvalue weighted by Gasteiger charge is 2.32. The lowest BCUT2D eigenvalue weighted by Crippen LogP contribution is -2.56. The number of carbonyl (C=O) groups is 2. The summed E-state index contributed by atoms with van der Waals surface area (Å²) in [6.07, 6.45) is 6.47. The molecule has 0 radical (unpaired) electrons. The zero-order valence-electron chi connectivity index (χ0n) is 13.2. The highest BCUT2D eigenvalue weighted by Crippen LogP contribution is 2.19. The Balaban J connectivity index is 1.57. The summed E-state index contributed by atoms with van der Waals surface area (Å²) in [5.74, 6) is -0.0677. The van der Waals surface area contributed by atoms with Crippen LogP contribution in [0.15, 0.2) is 36.4 Å². The van der Waals surface area contributed by atoms with E-state index in [1.807, 2.05) is 36.4 Å². The van der Waals surface area contributed by atoms with Gasteiger partial charge >= 0.3 is 0 Å². The van der Waals surface area contributed by atoms with E-state index in [1.54, 1.807) is 0 Å². The average Bonchev–Trinajstić information content (AvgIpc) is 3.35. The molecule has 0 bridgehead atoms. The Morgan fingerprint density at radius 1 is 1.30 bits per heavy atom. The third-order valence-corrected chi connectivity index (χ3v) is 4.21. The molecule has 2 aliphatic rings. The highest BCUT2D eigenvalue weighted by molar-refractivity contribution is 5.89. The van der Waals surface area contributed by atoms with Crippen molar-refractivity contribution in [2.45, 2.75) is 31.3 Å². The first-order valence-corrected chi connectivity index (χ1v) is 8.25. The van der Waals surface area contributed by atoms with Gasteiger partial charge < -0.3 is 10.6 Å². The number of hydrogen-bond donors (Lipinski definition) is 2. The fourth-order valence-corrected chi connectivity index (χ4v) is 2.78. The Morgan fingerprint density at radius 2 is 2.09 bits per heavy atom. The minimum atomic E-state index is -0.372. The number of hydrogen-bond acceptors (Lipinski definition) is 3. The third-order valence-electron chi connectivity index (χ3n) is 4.21. The van der Waals surface area contributed by atoms with Crippen LogP contribution in [0.25, 0.3) is 6.08 Å². The van der Waals surface area contributed by atoms with Crippen LogP contribution in [0.3, 0.4) is 0 Å². The second-order valence-electron chi connectivity index (χ2n) is 6.16. The molecule has 23 heavy (non-hydrogen) atoms. The van der Waals surface area contributed by atoms with Crippen LogP contribution >= 0.6 is 0 Å². The molecule has 1 saturated carbocycles. The third kappa shape index (κ3) is 4.66. The lowest BCUT2D eigenvalue weighted by Gasteiger charge is -2.33. The zero-order valence-corrected chi connectivity index (χ0v) is 13.2. The molecule has 1 aromatic rings. The van der Waals surface area contributed by atoms with Crippen LogP contribution in [0.2, 0.25) is 0 Å². The van der Waals surface area contributed by atoms with E-state index in [0.29, 0.717) is 19.1 Å². The lowest BCUT2D eigenvalue weighted by atomic mass is 10.1. The molecule has 1 unspecified atom stereocenters. The number of amides is 2. The summed E-state index contributed by atoms with van der Waals surface area (Å²) in [5, 5.41) is 5.82. The topological polar surface area (TPSA) is 61.4 Å². The van der Waals surface area contributed by atoms with Gasteiger partial charge in [-0.05, 0) is 18.4 Å². The van der Waals surface area contributed by atoms with Crippen LogP contribution in [0.5, 0.6) is 0 Å². The summed E-state index contributed by atoms with van der Waals surface area (Å²) >= 11 is 0. The van der Waals surface area contributed by atoms with Crippen molar-refractivity contribution < 1.29 is 9.59 Å². The molecule has 1 saturated heterocycles. The predicted molar refractivity (Wildman–Crippen MR) is 89.6 cm³/mol. The molecule has 1 heterocycles. The summed E-state index contributed by atoms with van der Waals surface area (Å²) in [6.45, 7) is 2.08. The Morgan fingerprint density at radius 3 is 2.83 bits per heavy atom. The van der Waals surface area contributed by atoms with Gasteiger partial charge in [0.1, 0.15) is 0 Å². The van der Waals surface area contributed by atoms with E-state index in [-0.39, 0.29) is 24.3 Å². The molecule has 1 aliphatic heterocycles. The molecule has 2 N–H and O–H groups in total. The quantitative estimate of drug-likeness (QED) is 0.829. The van der Waals surface area contributed by atoms with E-state index in [9.17, 15) is 9.59 Å². The first-order chi connectivity index (χ1) is 11.2. The van der Waals surface area contributed by atoms with Crippen molar-refractivity contribution in [2.24, 2.45) is 0 Å². The van der Waals surface area contributed by atoms with Gasteiger partial charge in [0.15, 0.2) is 0 Å². The Hall–Kier alpha value is -2.14. The number of nitrogens with one attached hydrogen (secondary N) is 2. The average molecular weight is 313 g/mol. The second kappa shape index (κ2) is 7.42. The van der Waals surface area contributed by atoms with Crippen molar-refractivity contribution in [1.29, 1.82) is 0 Å². The second-order valence-corrected chi connectivity index (χ2v) is 6.16. The van der Waals surface area contributed by atoms with Crippen LogP contribution in [-0.4, -0.2) is 48.4 Å². The largest absolute Gasteiger partial charge is 0.353 e. The van der Waals surface area contributed by atoms with Gasteiger partial charge in [0, 0.05) is 25.7 Å². The molecular formula is C18H23N3O2. The fourth-order valence-electron chi connectivity index (χ4n) is 2.78. The molecule has 3 rings (SSSR count). The van der Waals surface area contributed by atoms with E-state index in [0.717, 1.165) is 24.9 Å². The summed E-state index contributed by atoms with van der Waals surface area (Å²) in [4.78, 5) is 26.2. The molecule has 5 heteroatoms. The van der Waals surface area contributed by atoms with Crippen LogP contribution in [0.4, 0.5) is 0 Å². The standard InChI is InChI=1S/C18H23N3O2/c22-17(20-15-8-9-15)13-16-18(23)19-10-12-21(16)11-4-7-14-5-2-1-3-6-14/h1-7,15-16H,8-13H2,(H,19,23)(H,20,22). The number of nitrogens with zero attached hydrogens (tertiary/aromatic N) is 1. The molecule has 0 spiro atoms. The number of carbonyl (C=O) groups excluding carboxylic acids is 2. The number of rotatable bonds is 6. The van der Waals surface area contributed by atoms with E-state index < -0.39 is 0 Å². The molecule has 1 aromatic carbocycles. The maximum Gasteiger partial charge on any atom is 0.237 e. The first kappa shape index (κ1) is 15.7. The lowest BCUT2D eigenvalue weighted by molar-refractivity contribution is -0.133. The molecular weight excluding hydrogens is 290 g/mol. The van der Waals surface area contributed by atoms with Crippen molar-refractivity contribution in [2.75, 3.05) is 19.6 Å². The smallest absolute Gasteiger partial charge is 0.237 e. The van der Waals surface area contributed by atoms with Crippen molar-refractivity contribution in [3.8, 4) is 0 Å². The van der Waals surface area contributed by atoms with Gasteiger partial charge in [0.2, 0.25) is 11.8 Å². The first-order valence-electron chi connectivity index (χ1n) is 8.25. The van der Waals surface area contributed by atoms with Crippen molar-refractivity contribution in [3.05, 3.63) is 42.0 Å². The summed E-state index contributed by atoms with van der Waals surface area (Å²) in [6, 6.07) is 10.0. The van der Waals surface area contributed by atoms with Gasteiger partial charge in [-0.3, -0.25) is 14.5 Å². The minimum absolute atomic E-state index is 0.0217. The monoisotopic (exact) mass is 313 g/mol. The zero-order chi connectivity index (χ0) is 16.1. The van der Waals surface area contributed by atoms with Crippen molar-refractivity contribution in [3.63, 3.8) is 0 Å². The SMILES string of the molecule is O=C(CC1C(=O)NCCN1CC=Cc1ccccc1)NC1CC1. The molecule has 2 amide bonds. The minimum Gasteiger partial charge on any atom is -0.353 e. The van der Waals surface area contributed by atoms with Gasteiger partial charge in [0.05, 0.1) is 12.5 Å². The normalized spacial score (nSPS) is 22.1. The van der Waals surface area contributed by atoms with Crippen LogP contribution in [0, 0.1) is 0 Å². The summed E-state index contributed by atoms with van der Waals surface area (Å²) in [5.41, 5.74) is 1.14. The van der Waals surface area contributed by atoms with E-state index in [1.165, 1.54) is 0 Å². The van der Waals surface area contributed by atoms with E-state index >= 15 is 0 Å². The van der Waals surface area contributed by atoms with E-state index in [4.69, 9.17) is 0 Å². The van der Waals surface area contributed by atoms with Gasteiger partial charge in [-0.25, -0.2) is 0 Å². The van der Waals surface area contributed by atoms with Gasteiger partial charge in [-0.15, -0.1) is 0 Å². The summed E-state index contributed by atoms with van der Waals surface area (Å²) < 4.78 is 0. The predicted octanol–water partition coefficient (Wildman–Crippen LogP) is 1.17. The highest BCUT2D eigenvalue weighted by atomic mass is 16.2. The fraction of sp³-hybridized carbons (Fsp3) is 0.444. The molecule has 0 aromatic heterocycles.